The van der Waals surface area contributed by atoms with Crippen molar-refractivity contribution in [2.24, 2.45) is 11.8 Å². The molecule has 1 aliphatic carbocycles. The SMILES string of the molecule is CC(C)=CCCC1=CC[C@@H](CO)[C@@H](C)C1. The van der Waals surface area contributed by atoms with Gasteiger partial charge in [-0.25, -0.2) is 0 Å². The van der Waals surface area contributed by atoms with Gasteiger partial charge in [0.15, 0.2) is 0 Å². The van der Waals surface area contributed by atoms with Gasteiger partial charge in [0.05, 0.1) is 0 Å². The molecule has 2 atom stereocenters. The first-order chi connectivity index (χ1) is 7.13. The molecular formula is C14H24O. The van der Waals surface area contributed by atoms with Gasteiger partial charge in [-0.15, -0.1) is 0 Å². The summed E-state index contributed by atoms with van der Waals surface area (Å²) in [7, 11) is 0. The molecule has 0 aliphatic heterocycles. The van der Waals surface area contributed by atoms with Crippen molar-refractivity contribution in [2.45, 2.75) is 46.5 Å². The van der Waals surface area contributed by atoms with E-state index in [4.69, 9.17) is 5.11 Å². The molecule has 0 fully saturated rings. The van der Waals surface area contributed by atoms with Crippen LogP contribution in [0.5, 0.6) is 0 Å². The molecule has 0 unspecified atom stereocenters. The van der Waals surface area contributed by atoms with Crippen LogP contribution in [0.15, 0.2) is 23.3 Å². The van der Waals surface area contributed by atoms with Gasteiger partial charge in [-0.05, 0) is 51.4 Å². The summed E-state index contributed by atoms with van der Waals surface area (Å²) in [6, 6.07) is 0. The lowest BCUT2D eigenvalue weighted by atomic mass is 9.80. The zero-order chi connectivity index (χ0) is 11.3. The molecule has 0 saturated heterocycles. The molecule has 1 nitrogen and oxygen atoms in total. The van der Waals surface area contributed by atoms with Gasteiger partial charge in [0, 0.05) is 6.61 Å². The molecule has 0 amide bonds. The summed E-state index contributed by atoms with van der Waals surface area (Å²) in [4.78, 5) is 0. The highest BCUT2D eigenvalue weighted by atomic mass is 16.3. The summed E-state index contributed by atoms with van der Waals surface area (Å²) >= 11 is 0. The fraction of sp³-hybridized carbons (Fsp3) is 0.714. The predicted molar refractivity (Wildman–Crippen MR) is 65.7 cm³/mol. The Morgan fingerprint density at radius 2 is 2.27 bits per heavy atom. The first kappa shape index (κ1) is 12.5. The number of aliphatic hydroxyl groups is 1. The average molecular weight is 208 g/mol. The predicted octanol–water partition coefficient (Wildman–Crippen LogP) is 3.70. The van der Waals surface area contributed by atoms with Crippen LogP contribution < -0.4 is 0 Å². The molecule has 15 heavy (non-hydrogen) atoms. The number of allylic oxidation sites excluding steroid dienone is 4. The lowest BCUT2D eigenvalue weighted by Gasteiger charge is -2.27. The van der Waals surface area contributed by atoms with E-state index in [2.05, 4.69) is 32.9 Å². The second-order valence-corrected chi connectivity index (χ2v) is 5.04. The van der Waals surface area contributed by atoms with Crippen LogP contribution in [0.3, 0.4) is 0 Å². The Morgan fingerprint density at radius 3 is 2.80 bits per heavy atom. The molecule has 0 heterocycles. The number of rotatable bonds is 4. The zero-order valence-electron chi connectivity index (χ0n) is 10.3. The van der Waals surface area contributed by atoms with Crippen molar-refractivity contribution in [3.63, 3.8) is 0 Å². The van der Waals surface area contributed by atoms with Gasteiger partial charge >= 0.3 is 0 Å². The largest absolute Gasteiger partial charge is 0.396 e. The molecule has 0 bridgehead atoms. The molecule has 0 aromatic heterocycles. The normalized spacial score (nSPS) is 26.0. The van der Waals surface area contributed by atoms with Gasteiger partial charge in [0.25, 0.3) is 0 Å². The minimum absolute atomic E-state index is 0.346. The highest BCUT2D eigenvalue weighted by Gasteiger charge is 2.20. The van der Waals surface area contributed by atoms with Crippen molar-refractivity contribution in [1.29, 1.82) is 0 Å². The average Bonchev–Trinajstić information content (AvgIpc) is 2.17. The Hall–Kier alpha value is -0.560. The summed E-state index contributed by atoms with van der Waals surface area (Å²) in [5, 5.41) is 9.16. The van der Waals surface area contributed by atoms with E-state index in [0.717, 1.165) is 6.42 Å². The van der Waals surface area contributed by atoms with Crippen LogP contribution in [-0.4, -0.2) is 11.7 Å². The minimum atomic E-state index is 0.346. The van der Waals surface area contributed by atoms with E-state index in [0.29, 0.717) is 18.4 Å². The Morgan fingerprint density at radius 1 is 1.53 bits per heavy atom. The van der Waals surface area contributed by atoms with Gasteiger partial charge in [-0.3, -0.25) is 0 Å². The van der Waals surface area contributed by atoms with Crippen LogP contribution in [0.4, 0.5) is 0 Å². The summed E-state index contributed by atoms with van der Waals surface area (Å²) in [5.74, 6) is 1.15. The zero-order valence-corrected chi connectivity index (χ0v) is 10.3. The summed E-state index contributed by atoms with van der Waals surface area (Å²) in [6.07, 6.45) is 9.28. The Labute approximate surface area is 93.9 Å². The molecular weight excluding hydrogens is 184 g/mol. The second kappa shape index (κ2) is 6.12. The molecule has 0 radical (unpaired) electrons. The van der Waals surface area contributed by atoms with Crippen molar-refractivity contribution in [3.8, 4) is 0 Å². The van der Waals surface area contributed by atoms with Crippen LogP contribution in [-0.2, 0) is 0 Å². The summed E-state index contributed by atoms with van der Waals surface area (Å²) in [5.41, 5.74) is 3.00. The highest BCUT2D eigenvalue weighted by molar-refractivity contribution is 5.09. The maximum atomic E-state index is 9.16. The van der Waals surface area contributed by atoms with Crippen LogP contribution in [0.25, 0.3) is 0 Å². The second-order valence-electron chi connectivity index (χ2n) is 5.04. The fourth-order valence-corrected chi connectivity index (χ4v) is 2.22. The maximum Gasteiger partial charge on any atom is 0.0464 e. The molecule has 1 aliphatic rings. The van der Waals surface area contributed by atoms with E-state index in [-0.39, 0.29) is 0 Å². The molecule has 1 N–H and O–H groups in total. The van der Waals surface area contributed by atoms with Crippen LogP contribution in [0, 0.1) is 11.8 Å². The maximum absolute atomic E-state index is 9.16. The number of hydrogen-bond donors (Lipinski definition) is 1. The Kier molecular flexibility index (Phi) is 5.10. The van der Waals surface area contributed by atoms with E-state index < -0.39 is 0 Å². The van der Waals surface area contributed by atoms with E-state index in [1.165, 1.54) is 24.8 Å². The van der Waals surface area contributed by atoms with Gasteiger partial charge in [0.2, 0.25) is 0 Å². The van der Waals surface area contributed by atoms with Crippen LogP contribution in [0.2, 0.25) is 0 Å². The number of aliphatic hydroxyl groups excluding tert-OH is 1. The van der Waals surface area contributed by atoms with Crippen molar-refractivity contribution in [3.05, 3.63) is 23.3 Å². The first-order valence-electron chi connectivity index (χ1n) is 6.05. The standard InChI is InChI=1S/C14H24O/c1-11(2)5-4-6-13-7-8-14(10-15)12(3)9-13/h5,7,12,14-15H,4,6,8-10H2,1-3H3/t12-,14-/m0/s1. The molecule has 1 heteroatoms. The quantitative estimate of drug-likeness (QED) is 0.698. The third kappa shape index (κ3) is 4.21. The van der Waals surface area contributed by atoms with Crippen LogP contribution in [0.1, 0.15) is 46.5 Å². The van der Waals surface area contributed by atoms with Crippen molar-refractivity contribution < 1.29 is 5.11 Å². The van der Waals surface area contributed by atoms with Gasteiger partial charge in [-0.1, -0.05) is 30.2 Å². The lowest BCUT2D eigenvalue weighted by molar-refractivity contribution is 0.176. The smallest absolute Gasteiger partial charge is 0.0464 e. The third-order valence-corrected chi connectivity index (χ3v) is 3.35. The Bertz CT molecular complexity index is 246. The van der Waals surface area contributed by atoms with Gasteiger partial charge < -0.3 is 5.11 Å². The molecule has 1 rings (SSSR count). The Balaban J connectivity index is 2.38. The summed E-state index contributed by atoms with van der Waals surface area (Å²) < 4.78 is 0. The molecule has 86 valence electrons. The summed E-state index contributed by atoms with van der Waals surface area (Å²) in [6.45, 7) is 6.91. The van der Waals surface area contributed by atoms with Crippen molar-refractivity contribution >= 4 is 0 Å². The number of hydrogen-bond acceptors (Lipinski definition) is 1. The fourth-order valence-electron chi connectivity index (χ4n) is 2.22. The molecule has 0 aromatic rings. The van der Waals surface area contributed by atoms with Gasteiger partial charge in [-0.2, -0.15) is 0 Å². The molecule has 0 saturated carbocycles. The highest BCUT2D eigenvalue weighted by Crippen LogP contribution is 2.31. The third-order valence-electron chi connectivity index (χ3n) is 3.35. The van der Waals surface area contributed by atoms with E-state index in [1.807, 2.05) is 0 Å². The van der Waals surface area contributed by atoms with Crippen molar-refractivity contribution in [1.82, 2.24) is 0 Å². The topological polar surface area (TPSA) is 20.2 Å². The van der Waals surface area contributed by atoms with Crippen LogP contribution >= 0.6 is 0 Å². The lowest BCUT2D eigenvalue weighted by Crippen LogP contribution is -2.19. The molecule has 0 spiro atoms. The van der Waals surface area contributed by atoms with E-state index >= 15 is 0 Å². The minimum Gasteiger partial charge on any atom is -0.396 e. The monoisotopic (exact) mass is 208 g/mol. The van der Waals surface area contributed by atoms with Gasteiger partial charge in [0.1, 0.15) is 0 Å². The van der Waals surface area contributed by atoms with E-state index in [9.17, 15) is 0 Å². The first-order valence-corrected chi connectivity index (χ1v) is 6.05. The van der Waals surface area contributed by atoms with E-state index in [1.54, 1.807) is 5.57 Å². The van der Waals surface area contributed by atoms with Crippen molar-refractivity contribution in [2.75, 3.05) is 6.61 Å². The molecule has 0 aromatic carbocycles.